The smallest absolute Gasteiger partial charge is 0.255 e. The second-order valence-electron chi connectivity index (χ2n) is 3.79. The standard InChI is InChI=1S/C13H11ClN2O2/c1-8-3-2-4-10(12(8)17)16-13(18)9-5-6-15-11(14)7-9/h2-7,17H,1H3,(H,16,18). The van der Waals surface area contributed by atoms with E-state index in [9.17, 15) is 9.90 Å². The van der Waals surface area contributed by atoms with E-state index in [0.717, 1.165) is 0 Å². The third-order valence-electron chi connectivity index (χ3n) is 2.47. The van der Waals surface area contributed by atoms with Gasteiger partial charge >= 0.3 is 0 Å². The van der Waals surface area contributed by atoms with Crippen molar-refractivity contribution in [2.75, 3.05) is 5.32 Å². The molecule has 0 spiro atoms. The van der Waals surface area contributed by atoms with Gasteiger partial charge in [0.15, 0.2) is 0 Å². The zero-order chi connectivity index (χ0) is 13.1. The first kappa shape index (κ1) is 12.4. The number of pyridine rings is 1. The fraction of sp³-hybridized carbons (Fsp3) is 0.0769. The average Bonchev–Trinajstić information content (AvgIpc) is 2.35. The van der Waals surface area contributed by atoms with E-state index >= 15 is 0 Å². The molecule has 1 aromatic heterocycles. The first-order valence-electron chi connectivity index (χ1n) is 5.29. The highest BCUT2D eigenvalue weighted by atomic mass is 35.5. The maximum Gasteiger partial charge on any atom is 0.255 e. The Hall–Kier alpha value is -2.07. The summed E-state index contributed by atoms with van der Waals surface area (Å²) in [5.41, 5.74) is 1.45. The summed E-state index contributed by atoms with van der Waals surface area (Å²) in [4.78, 5) is 15.7. The highest BCUT2D eigenvalue weighted by molar-refractivity contribution is 6.29. The van der Waals surface area contributed by atoms with Crippen LogP contribution >= 0.6 is 11.6 Å². The second kappa shape index (κ2) is 5.06. The van der Waals surface area contributed by atoms with Gasteiger partial charge in [-0.25, -0.2) is 4.98 Å². The van der Waals surface area contributed by atoms with Crippen LogP contribution < -0.4 is 5.32 Å². The number of aromatic nitrogens is 1. The number of hydrogen-bond acceptors (Lipinski definition) is 3. The van der Waals surface area contributed by atoms with E-state index in [0.29, 0.717) is 16.8 Å². The quantitative estimate of drug-likeness (QED) is 0.646. The molecule has 0 fully saturated rings. The summed E-state index contributed by atoms with van der Waals surface area (Å²) < 4.78 is 0. The Morgan fingerprint density at radius 3 is 2.89 bits per heavy atom. The molecule has 0 aliphatic heterocycles. The molecule has 1 aromatic carbocycles. The molecule has 0 saturated carbocycles. The van der Waals surface area contributed by atoms with Crippen LogP contribution in [0.3, 0.4) is 0 Å². The lowest BCUT2D eigenvalue weighted by Gasteiger charge is -2.08. The van der Waals surface area contributed by atoms with Crippen LogP contribution in [-0.4, -0.2) is 16.0 Å². The van der Waals surface area contributed by atoms with Crippen LogP contribution in [0.4, 0.5) is 5.69 Å². The van der Waals surface area contributed by atoms with Gasteiger partial charge in [-0.15, -0.1) is 0 Å². The molecule has 2 rings (SSSR count). The van der Waals surface area contributed by atoms with E-state index in [2.05, 4.69) is 10.3 Å². The molecule has 0 aliphatic carbocycles. The van der Waals surface area contributed by atoms with Crippen molar-refractivity contribution in [3.05, 3.63) is 52.8 Å². The molecule has 0 saturated heterocycles. The van der Waals surface area contributed by atoms with E-state index in [1.54, 1.807) is 31.2 Å². The number of aryl methyl sites for hydroxylation is 1. The number of hydrogen-bond donors (Lipinski definition) is 2. The number of phenols is 1. The van der Waals surface area contributed by atoms with Crippen molar-refractivity contribution in [1.82, 2.24) is 4.98 Å². The molecule has 2 aromatic rings. The molecule has 0 bridgehead atoms. The number of carbonyl (C=O) groups is 1. The predicted molar refractivity (Wildman–Crippen MR) is 70.0 cm³/mol. The van der Waals surface area contributed by atoms with Crippen molar-refractivity contribution < 1.29 is 9.90 Å². The summed E-state index contributed by atoms with van der Waals surface area (Å²) >= 11 is 5.71. The summed E-state index contributed by atoms with van der Waals surface area (Å²) in [6.45, 7) is 1.76. The lowest BCUT2D eigenvalue weighted by Crippen LogP contribution is -2.12. The molecule has 1 heterocycles. The highest BCUT2D eigenvalue weighted by Gasteiger charge is 2.10. The summed E-state index contributed by atoms with van der Waals surface area (Å²) in [5.74, 6) is -0.286. The Labute approximate surface area is 109 Å². The monoisotopic (exact) mass is 262 g/mol. The molecule has 1 amide bonds. The van der Waals surface area contributed by atoms with Crippen LogP contribution in [0.5, 0.6) is 5.75 Å². The number of aromatic hydroxyl groups is 1. The number of carbonyl (C=O) groups excluding carboxylic acids is 1. The first-order valence-corrected chi connectivity index (χ1v) is 5.67. The predicted octanol–water partition coefficient (Wildman–Crippen LogP) is 3.00. The number of benzene rings is 1. The van der Waals surface area contributed by atoms with Crippen molar-refractivity contribution in [1.29, 1.82) is 0 Å². The van der Waals surface area contributed by atoms with Crippen LogP contribution in [0.1, 0.15) is 15.9 Å². The Bertz CT molecular complexity index is 599. The molecular weight excluding hydrogens is 252 g/mol. The Balaban J connectivity index is 2.24. The third-order valence-corrected chi connectivity index (χ3v) is 2.68. The fourth-order valence-electron chi connectivity index (χ4n) is 1.50. The van der Waals surface area contributed by atoms with E-state index in [4.69, 9.17) is 11.6 Å². The molecule has 0 radical (unpaired) electrons. The normalized spacial score (nSPS) is 10.1. The van der Waals surface area contributed by atoms with Crippen molar-refractivity contribution >= 4 is 23.2 Å². The molecular formula is C13H11ClN2O2. The van der Waals surface area contributed by atoms with Crippen molar-refractivity contribution in [2.45, 2.75) is 6.92 Å². The number of rotatable bonds is 2. The Morgan fingerprint density at radius 2 is 2.17 bits per heavy atom. The molecule has 4 nitrogen and oxygen atoms in total. The van der Waals surface area contributed by atoms with Crippen LogP contribution in [0.2, 0.25) is 5.15 Å². The van der Waals surface area contributed by atoms with Gasteiger partial charge in [0.1, 0.15) is 10.9 Å². The Morgan fingerprint density at radius 1 is 1.39 bits per heavy atom. The molecule has 92 valence electrons. The summed E-state index contributed by atoms with van der Waals surface area (Å²) in [7, 11) is 0. The van der Waals surface area contributed by atoms with Gasteiger partial charge in [0.05, 0.1) is 5.69 Å². The average molecular weight is 263 g/mol. The van der Waals surface area contributed by atoms with Crippen LogP contribution in [0, 0.1) is 6.92 Å². The van der Waals surface area contributed by atoms with Crippen molar-refractivity contribution in [3.8, 4) is 5.75 Å². The molecule has 0 atom stereocenters. The molecule has 0 unspecified atom stereocenters. The summed E-state index contributed by atoms with van der Waals surface area (Å²) in [5, 5.41) is 12.7. The van der Waals surface area contributed by atoms with Gasteiger partial charge in [-0.1, -0.05) is 23.7 Å². The lowest BCUT2D eigenvalue weighted by molar-refractivity contribution is 0.102. The lowest BCUT2D eigenvalue weighted by atomic mass is 10.2. The van der Waals surface area contributed by atoms with Gasteiger partial charge in [0, 0.05) is 11.8 Å². The van der Waals surface area contributed by atoms with Gasteiger partial charge in [0.25, 0.3) is 5.91 Å². The molecule has 18 heavy (non-hydrogen) atoms. The van der Waals surface area contributed by atoms with Crippen LogP contribution in [-0.2, 0) is 0 Å². The number of phenolic OH excluding ortho intramolecular Hbond substituents is 1. The van der Waals surface area contributed by atoms with E-state index in [1.165, 1.54) is 12.3 Å². The van der Waals surface area contributed by atoms with E-state index in [1.807, 2.05) is 0 Å². The van der Waals surface area contributed by atoms with Crippen molar-refractivity contribution in [2.24, 2.45) is 0 Å². The van der Waals surface area contributed by atoms with Gasteiger partial charge in [-0.3, -0.25) is 4.79 Å². The number of para-hydroxylation sites is 1. The maximum absolute atomic E-state index is 11.9. The molecule has 0 aliphatic rings. The zero-order valence-corrected chi connectivity index (χ0v) is 10.4. The minimum Gasteiger partial charge on any atom is -0.505 e. The topological polar surface area (TPSA) is 62.2 Å². The Kier molecular flexibility index (Phi) is 3.48. The second-order valence-corrected chi connectivity index (χ2v) is 4.18. The van der Waals surface area contributed by atoms with Gasteiger partial charge < -0.3 is 10.4 Å². The first-order chi connectivity index (χ1) is 8.58. The summed E-state index contributed by atoms with van der Waals surface area (Å²) in [6, 6.07) is 8.15. The SMILES string of the molecule is Cc1cccc(NC(=O)c2ccnc(Cl)c2)c1O. The highest BCUT2D eigenvalue weighted by Crippen LogP contribution is 2.26. The fourth-order valence-corrected chi connectivity index (χ4v) is 1.67. The summed E-state index contributed by atoms with van der Waals surface area (Å²) in [6.07, 6.45) is 1.45. The number of anilines is 1. The van der Waals surface area contributed by atoms with Gasteiger partial charge in [-0.2, -0.15) is 0 Å². The molecule has 2 N–H and O–H groups in total. The van der Waals surface area contributed by atoms with E-state index in [-0.39, 0.29) is 16.8 Å². The number of nitrogens with zero attached hydrogens (tertiary/aromatic N) is 1. The minimum absolute atomic E-state index is 0.0611. The zero-order valence-electron chi connectivity index (χ0n) is 9.64. The van der Waals surface area contributed by atoms with Crippen LogP contribution in [0.15, 0.2) is 36.5 Å². The van der Waals surface area contributed by atoms with Crippen molar-refractivity contribution in [3.63, 3.8) is 0 Å². The third kappa shape index (κ3) is 2.60. The van der Waals surface area contributed by atoms with E-state index < -0.39 is 0 Å². The van der Waals surface area contributed by atoms with Gasteiger partial charge in [0.2, 0.25) is 0 Å². The maximum atomic E-state index is 11.9. The number of nitrogens with one attached hydrogen (secondary N) is 1. The number of halogens is 1. The number of amides is 1. The van der Waals surface area contributed by atoms with Crippen LogP contribution in [0.25, 0.3) is 0 Å². The van der Waals surface area contributed by atoms with Gasteiger partial charge in [-0.05, 0) is 30.7 Å². The minimum atomic E-state index is -0.347. The molecule has 5 heteroatoms. The largest absolute Gasteiger partial charge is 0.505 e.